The molecular formula is C31H35F3N6O4S. The summed E-state index contributed by atoms with van der Waals surface area (Å²) < 4.78 is 51.2. The van der Waals surface area contributed by atoms with Gasteiger partial charge in [0.25, 0.3) is 11.8 Å². The Balaban J connectivity index is 1.19. The van der Waals surface area contributed by atoms with Crippen LogP contribution in [0.5, 0.6) is 11.6 Å². The molecule has 10 nitrogen and oxygen atoms in total. The predicted octanol–water partition coefficient (Wildman–Crippen LogP) is 4.77. The van der Waals surface area contributed by atoms with Gasteiger partial charge in [0.1, 0.15) is 11.8 Å². The van der Waals surface area contributed by atoms with Gasteiger partial charge >= 0.3 is 6.18 Å². The summed E-state index contributed by atoms with van der Waals surface area (Å²) in [5.41, 5.74) is 1.01. The van der Waals surface area contributed by atoms with E-state index in [4.69, 9.17) is 14.5 Å². The monoisotopic (exact) mass is 644 g/mol. The molecule has 3 aromatic rings. The van der Waals surface area contributed by atoms with Gasteiger partial charge in [-0.3, -0.25) is 9.59 Å². The molecule has 14 heteroatoms. The van der Waals surface area contributed by atoms with E-state index in [1.54, 1.807) is 29.3 Å². The van der Waals surface area contributed by atoms with Gasteiger partial charge in [-0.2, -0.15) is 13.2 Å². The second-order valence-electron chi connectivity index (χ2n) is 12.0. The molecule has 0 bridgehead atoms. The number of halogens is 3. The van der Waals surface area contributed by atoms with Gasteiger partial charge in [0, 0.05) is 48.6 Å². The number of thiazole rings is 1. The Hall–Kier alpha value is -3.78. The molecular weight excluding hydrogens is 609 g/mol. The summed E-state index contributed by atoms with van der Waals surface area (Å²) in [7, 11) is 2.01. The number of hydrogen-bond acceptors (Lipinski definition) is 9. The van der Waals surface area contributed by atoms with Gasteiger partial charge in [-0.05, 0) is 64.0 Å². The molecule has 6 rings (SSSR count). The molecule has 1 N–H and O–H groups in total. The average Bonchev–Trinajstić information content (AvgIpc) is 3.64. The van der Waals surface area contributed by atoms with Crippen molar-refractivity contribution in [1.82, 2.24) is 30.1 Å². The molecule has 1 saturated carbocycles. The van der Waals surface area contributed by atoms with Gasteiger partial charge < -0.3 is 24.6 Å². The SMILES string of the molecule is CCOc1ncccc1-c1ccc(OC2CC3(CN(C(=O)c4csc(C(F)(F)F)n4)C3)C2CC)c(C(=O)NC2CCN(C)C2)n1. The first kappa shape index (κ1) is 31.2. The topological polar surface area (TPSA) is 110 Å². The number of carbonyl (C=O) groups is 2. The molecule has 3 fully saturated rings. The minimum absolute atomic E-state index is 0.00281. The summed E-state index contributed by atoms with van der Waals surface area (Å²) in [6, 6.07) is 7.17. The fourth-order valence-electron chi connectivity index (χ4n) is 6.79. The lowest BCUT2D eigenvalue weighted by atomic mass is 9.53. The highest BCUT2D eigenvalue weighted by atomic mass is 32.1. The lowest BCUT2D eigenvalue weighted by molar-refractivity contribution is -0.164. The lowest BCUT2D eigenvalue weighted by Gasteiger charge is -2.63. The Labute approximate surface area is 263 Å². The number of ether oxygens (including phenoxy) is 2. The highest BCUT2D eigenvalue weighted by Crippen LogP contribution is 2.56. The van der Waals surface area contributed by atoms with E-state index >= 15 is 0 Å². The van der Waals surface area contributed by atoms with E-state index in [1.165, 1.54) is 0 Å². The smallest absolute Gasteiger partial charge is 0.443 e. The summed E-state index contributed by atoms with van der Waals surface area (Å²) in [6.45, 7) is 6.82. The molecule has 240 valence electrons. The second kappa shape index (κ2) is 12.2. The maximum absolute atomic E-state index is 13.6. The highest BCUT2D eigenvalue weighted by molar-refractivity contribution is 7.10. The van der Waals surface area contributed by atoms with Crippen molar-refractivity contribution in [3.8, 4) is 22.9 Å². The Morgan fingerprint density at radius 2 is 1.98 bits per heavy atom. The van der Waals surface area contributed by atoms with Crippen molar-refractivity contribution in [1.29, 1.82) is 0 Å². The molecule has 2 aliphatic heterocycles. The Kier molecular flexibility index (Phi) is 8.46. The van der Waals surface area contributed by atoms with E-state index in [9.17, 15) is 22.8 Å². The third kappa shape index (κ3) is 6.09. The summed E-state index contributed by atoms with van der Waals surface area (Å²) in [4.78, 5) is 42.8. The standard InChI is InChI=1S/C31H35F3N6O4S/c1-4-20-24(13-30(20)16-40(17-30)28(42)22-15-45-29(38-22)31(32,33)34)44-23-9-8-21(19-7-6-11-35-27(19)43-5-2)37-25(23)26(41)36-18-10-12-39(3)14-18/h6-9,11,15,18,20,24H,4-5,10,12-14,16-17H2,1-3H3,(H,36,41). The normalized spacial score (nSPS) is 22.5. The molecule has 3 atom stereocenters. The molecule has 1 spiro atoms. The first-order valence-corrected chi connectivity index (χ1v) is 16.0. The molecule has 3 aromatic heterocycles. The van der Waals surface area contributed by atoms with E-state index < -0.39 is 17.1 Å². The fraction of sp³-hybridized carbons (Fsp3) is 0.516. The minimum atomic E-state index is -4.58. The van der Waals surface area contributed by atoms with Crippen LogP contribution in [-0.4, -0.2) is 88.5 Å². The number of carbonyl (C=O) groups excluding carboxylic acids is 2. The van der Waals surface area contributed by atoms with Crippen LogP contribution in [0.2, 0.25) is 0 Å². The number of likely N-dealkylation sites (tertiary alicyclic amines) is 2. The number of amides is 2. The van der Waals surface area contributed by atoms with Gasteiger partial charge in [0.15, 0.2) is 16.5 Å². The maximum atomic E-state index is 13.6. The van der Waals surface area contributed by atoms with E-state index in [1.807, 2.05) is 27.0 Å². The molecule has 5 heterocycles. The van der Waals surface area contributed by atoms with Gasteiger partial charge in [0.2, 0.25) is 5.88 Å². The van der Waals surface area contributed by atoms with Crippen molar-refractivity contribution in [2.75, 3.05) is 39.8 Å². The molecule has 45 heavy (non-hydrogen) atoms. The fourth-order valence-corrected chi connectivity index (χ4v) is 7.46. The van der Waals surface area contributed by atoms with E-state index in [0.29, 0.717) is 60.3 Å². The largest absolute Gasteiger partial charge is 0.488 e. The zero-order chi connectivity index (χ0) is 31.9. The van der Waals surface area contributed by atoms with Crippen molar-refractivity contribution >= 4 is 23.2 Å². The lowest BCUT2D eigenvalue weighted by Crippen LogP contribution is -2.71. The van der Waals surface area contributed by atoms with Crippen LogP contribution in [0, 0.1) is 11.3 Å². The van der Waals surface area contributed by atoms with Crippen LogP contribution in [0.3, 0.4) is 0 Å². The molecule has 3 aliphatic rings. The van der Waals surface area contributed by atoms with Crippen LogP contribution in [0.1, 0.15) is 59.1 Å². The molecule has 0 radical (unpaired) electrons. The van der Waals surface area contributed by atoms with Crippen LogP contribution in [0.4, 0.5) is 13.2 Å². The first-order chi connectivity index (χ1) is 21.5. The number of rotatable bonds is 9. The first-order valence-electron chi connectivity index (χ1n) is 15.1. The summed E-state index contributed by atoms with van der Waals surface area (Å²) in [5, 5.41) is 3.25. The van der Waals surface area contributed by atoms with Crippen LogP contribution >= 0.6 is 11.3 Å². The van der Waals surface area contributed by atoms with Crippen LogP contribution in [0.15, 0.2) is 35.8 Å². The highest BCUT2D eigenvalue weighted by Gasteiger charge is 2.61. The van der Waals surface area contributed by atoms with E-state index in [2.05, 4.69) is 20.2 Å². The van der Waals surface area contributed by atoms with E-state index in [-0.39, 0.29) is 40.8 Å². The molecule has 0 aromatic carbocycles. The molecule has 1 aliphatic carbocycles. The van der Waals surface area contributed by atoms with Gasteiger partial charge in [-0.25, -0.2) is 15.0 Å². The molecule has 2 saturated heterocycles. The summed E-state index contributed by atoms with van der Waals surface area (Å²) >= 11 is 0.424. The number of alkyl halides is 3. The predicted molar refractivity (Wildman–Crippen MR) is 160 cm³/mol. The van der Waals surface area contributed by atoms with Crippen molar-refractivity contribution in [2.45, 2.75) is 51.4 Å². The van der Waals surface area contributed by atoms with Crippen molar-refractivity contribution in [3.63, 3.8) is 0 Å². The van der Waals surface area contributed by atoms with Gasteiger partial charge in [-0.15, -0.1) is 11.3 Å². The van der Waals surface area contributed by atoms with Crippen molar-refractivity contribution < 1.29 is 32.2 Å². The maximum Gasteiger partial charge on any atom is 0.443 e. The number of pyridine rings is 2. The number of nitrogens with zero attached hydrogens (tertiary/aromatic N) is 5. The number of likely N-dealkylation sites (N-methyl/N-ethyl adjacent to an activating group) is 1. The number of nitrogens with one attached hydrogen (secondary N) is 1. The summed E-state index contributed by atoms with van der Waals surface area (Å²) in [6.07, 6.45) is -0.891. The van der Waals surface area contributed by atoms with Crippen LogP contribution in [0.25, 0.3) is 11.3 Å². The second-order valence-corrected chi connectivity index (χ2v) is 12.8. The van der Waals surface area contributed by atoms with Crippen molar-refractivity contribution in [2.24, 2.45) is 11.3 Å². The minimum Gasteiger partial charge on any atom is -0.488 e. The molecule has 3 unspecified atom stereocenters. The number of aromatic nitrogens is 3. The van der Waals surface area contributed by atoms with E-state index in [0.717, 1.165) is 31.3 Å². The average molecular weight is 645 g/mol. The Morgan fingerprint density at radius 1 is 1.18 bits per heavy atom. The molecule has 2 amide bonds. The third-order valence-corrected chi connectivity index (χ3v) is 9.84. The zero-order valence-corrected chi connectivity index (χ0v) is 26.1. The summed E-state index contributed by atoms with van der Waals surface area (Å²) in [5.74, 6) is 0.0674. The van der Waals surface area contributed by atoms with Gasteiger partial charge in [0.05, 0.1) is 17.9 Å². The number of hydrogen-bond donors (Lipinski definition) is 1. The zero-order valence-electron chi connectivity index (χ0n) is 25.3. The quantitative estimate of drug-likeness (QED) is 0.355. The van der Waals surface area contributed by atoms with Crippen LogP contribution < -0.4 is 14.8 Å². The van der Waals surface area contributed by atoms with Crippen LogP contribution in [-0.2, 0) is 6.18 Å². The Bertz CT molecular complexity index is 1580. The third-order valence-electron chi connectivity index (χ3n) is 8.95. The van der Waals surface area contributed by atoms with Crippen molar-refractivity contribution in [3.05, 3.63) is 52.2 Å². The Morgan fingerprint density at radius 3 is 2.64 bits per heavy atom. The van der Waals surface area contributed by atoms with Gasteiger partial charge in [-0.1, -0.05) is 6.92 Å².